The van der Waals surface area contributed by atoms with Gasteiger partial charge in [0.05, 0.1) is 12.7 Å². The number of amides is 1. The van der Waals surface area contributed by atoms with Crippen molar-refractivity contribution in [2.24, 2.45) is 5.92 Å². The molecule has 18 heavy (non-hydrogen) atoms. The van der Waals surface area contributed by atoms with Crippen molar-refractivity contribution in [3.8, 4) is 0 Å². The third-order valence-corrected chi connectivity index (χ3v) is 3.40. The SMILES string of the molecule is COCC(O)CCNC(=O)CCC1CCNCC1. The van der Waals surface area contributed by atoms with Crippen molar-refractivity contribution < 1.29 is 14.6 Å². The van der Waals surface area contributed by atoms with Gasteiger partial charge in [-0.3, -0.25) is 4.79 Å². The van der Waals surface area contributed by atoms with Crippen LogP contribution in [-0.2, 0) is 9.53 Å². The highest BCUT2D eigenvalue weighted by atomic mass is 16.5. The molecule has 5 heteroatoms. The summed E-state index contributed by atoms with van der Waals surface area (Å²) in [5.74, 6) is 0.786. The largest absolute Gasteiger partial charge is 0.391 e. The fraction of sp³-hybridized carbons (Fsp3) is 0.923. The molecule has 1 saturated heterocycles. The van der Waals surface area contributed by atoms with Crippen LogP contribution in [0.2, 0.25) is 0 Å². The lowest BCUT2D eigenvalue weighted by Gasteiger charge is -2.22. The summed E-state index contributed by atoms with van der Waals surface area (Å²) in [5.41, 5.74) is 0. The molecule has 1 heterocycles. The number of nitrogens with one attached hydrogen (secondary N) is 2. The number of aliphatic hydroxyl groups excluding tert-OH is 1. The average molecular weight is 258 g/mol. The summed E-state index contributed by atoms with van der Waals surface area (Å²) < 4.78 is 4.82. The van der Waals surface area contributed by atoms with Gasteiger partial charge in [-0.15, -0.1) is 0 Å². The molecular weight excluding hydrogens is 232 g/mol. The predicted molar refractivity (Wildman–Crippen MR) is 70.3 cm³/mol. The highest BCUT2D eigenvalue weighted by molar-refractivity contribution is 5.75. The van der Waals surface area contributed by atoms with Crippen LogP contribution in [0.5, 0.6) is 0 Å². The van der Waals surface area contributed by atoms with Crippen LogP contribution < -0.4 is 10.6 Å². The summed E-state index contributed by atoms with van der Waals surface area (Å²) >= 11 is 0. The molecule has 0 aliphatic carbocycles. The van der Waals surface area contributed by atoms with E-state index in [1.807, 2.05) is 0 Å². The summed E-state index contributed by atoms with van der Waals surface area (Å²) in [4.78, 5) is 11.6. The number of hydrogen-bond acceptors (Lipinski definition) is 4. The summed E-state index contributed by atoms with van der Waals surface area (Å²) in [7, 11) is 1.56. The Balaban J connectivity index is 1.99. The molecule has 0 saturated carbocycles. The van der Waals surface area contributed by atoms with Crippen LogP contribution in [0.1, 0.15) is 32.1 Å². The van der Waals surface area contributed by atoms with Gasteiger partial charge in [0.25, 0.3) is 0 Å². The number of piperidine rings is 1. The molecule has 0 radical (unpaired) electrons. The van der Waals surface area contributed by atoms with Crippen LogP contribution in [0.3, 0.4) is 0 Å². The number of aliphatic hydroxyl groups is 1. The molecule has 3 N–H and O–H groups in total. The molecule has 1 amide bonds. The maximum atomic E-state index is 11.6. The van der Waals surface area contributed by atoms with E-state index in [9.17, 15) is 9.90 Å². The third kappa shape index (κ3) is 6.93. The van der Waals surface area contributed by atoms with Gasteiger partial charge in [-0.25, -0.2) is 0 Å². The van der Waals surface area contributed by atoms with E-state index in [4.69, 9.17) is 4.74 Å². The molecular formula is C13H26N2O3. The van der Waals surface area contributed by atoms with Gasteiger partial charge in [0.1, 0.15) is 0 Å². The molecule has 5 nitrogen and oxygen atoms in total. The third-order valence-electron chi connectivity index (χ3n) is 3.40. The van der Waals surface area contributed by atoms with Gasteiger partial charge in [0.15, 0.2) is 0 Å². The molecule has 0 spiro atoms. The van der Waals surface area contributed by atoms with Crippen molar-refractivity contribution in [2.75, 3.05) is 33.4 Å². The Bertz CT molecular complexity index is 230. The van der Waals surface area contributed by atoms with Gasteiger partial charge < -0.3 is 20.5 Å². The van der Waals surface area contributed by atoms with Gasteiger partial charge in [-0.2, -0.15) is 0 Å². The van der Waals surface area contributed by atoms with E-state index in [0.717, 1.165) is 19.5 Å². The lowest BCUT2D eigenvalue weighted by molar-refractivity contribution is -0.121. The van der Waals surface area contributed by atoms with Crippen LogP contribution in [0, 0.1) is 5.92 Å². The molecule has 0 aromatic carbocycles. The van der Waals surface area contributed by atoms with E-state index in [0.29, 0.717) is 31.9 Å². The maximum absolute atomic E-state index is 11.6. The lowest BCUT2D eigenvalue weighted by atomic mass is 9.93. The predicted octanol–water partition coefficient (Wildman–Crippen LogP) is 0.280. The van der Waals surface area contributed by atoms with E-state index in [1.165, 1.54) is 12.8 Å². The van der Waals surface area contributed by atoms with Gasteiger partial charge >= 0.3 is 0 Å². The number of carbonyl (C=O) groups is 1. The summed E-state index contributed by atoms with van der Waals surface area (Å²) in [5, 5.41) is 15.6. The minimum atomic E-state index is -0.486. The number of methoxy groups -OCH3 is 1. The van der Waals surface area contributed by atoms with Gasteiger partial charge in [-0.05, 0) is 44.7 Å². The van der Waals surface area contributed by atoms with Gasteiger partial charge in [-0.1, -0.05) is 0 Å². The van der Waals surface area contributed by atoms with Crippen LogP contribution in [0.4, 0.5) is 0 Å². The van der Waals surface area contributed by atoms with Gasteiger partial charge in [0, 0.05) is 20.1 Å². The molecule has 0 aromatic heterocycles. The Hall–Kier alpha value is -0.650. The Morgan fingerprint density at radius 1 is 1.50 bits per heavy atom. The van der Waals surface area contributed by atoms with Crippen molar-refractivity contribution in [1.82, 2.24) is 10.6 Å². The molecule has 1 aliphatic heterocycles. The minimum absolute atomic E-state index is 0.0955. The normalized spacial score (nSPS) is 18.6. The quantitative estimate of drug-likeness (QED) is 0.585. The zero-order valence-corrected chi connectivity index (χ0v) is 11.3. The number of ether oxygens (including phenoxy) is 1. The zero-order chi connectivity index (χ0) is 13.2. The zero-order valence-electron chi connectivity index (χ0n) is 11.3. The van der Waals surface area contributed by atoms with Crippen molar-refractivity contribution in [2.45, 2.75) is 38.2 Å². The van der Waals surface area contributed by atoms with E-state index in [-0.39, 0.29) is 5.91 Å². The molecule has 1 unspecified atom stereocenters. The Morgan fingerprint density at radius 2 is 2.22 bits per heavy atom. The van der Waals surface area contributed by atoms with E-state index in [1.54, 1.807) is 7.11 Å². The van der Waals surface area contributed by atoms with Gasteiger partial charge in [0.2, 0.25) is 5.91 Å². The maximum Gasteiger partial charge on any atom is 0.220 e. The number of rotatable bonds is 8. The smallest absolute Gasteiger partial charge is 0.220 e. The average Bonchev–Trinajstić information content (AvgIpc) is 2.38. The Morgan fingerprint density at radius 3 is 2.89 bits per heavy atom. The highest BCUT2D eigenvalue weighted by Crippen LogP contribution is 2.17. The van der Waals surface area contributed by atoms with E-state index < -0.39 is 6.10 Å². The van der Waals surface area contributed by atoms with Crippen molar-refractivity contribution in [3.05, 3.63) is 0 Å². The first-order valence-electron chi connectivity index (χ1n) is 6.86. The molecule has 106 valence electrons. The highest BCUT2D eigenvalue weighted by Gasteiger charge is 2.14. The molecule has 0 aromatic rings. The topological polar surface area (TPSA) is 70.6 Å². The first-order valence-corrected chi connectivity index (χ1v) is 6.86. The second kappa shape index (κ2) is 9.30. The lowest BCUT2D eigenvalue weighted by Crippen LogP contribution is -2.30. The van der Waals surface area contributed by atoms with Crippen molar-refractivity contribution >= 4 is 5.91 Å². The first-order chi connectivity index (χ1) is 8.72. The van der Waals surface area contributed by atoms with Crippen molar-refractivity contribution in [1.29, 1.82) is 0 Å². The standard InChI is InChI=1S/C13H26N2O3/c1-18-10-12(16)6-9-15-13(17)3-2-11-4-7-14-8-5-11/h11-12,14,16H,2-10H2,1H3,(H,15,17). The summed E-state index contributed by atoms with van der Waals surface area (Å²) in [6.07, 6.45) is 4.01. The fourth-order valence-electron chi connectivity index (χ4n) is 2.25. The molecule has 0 bridgehead atoms. The van der Waals surface area contributed by atoms with Crippen LogP contribution >= 0.6 is 0 Å². The molecule has 1 fully saturated rings. The first kappa shape index (κ1) is 15.4. The second-order valence-electron chi connectivity index (χ2n) is 4.98. The monoisotopic (exact) mass is 258 g/mol. The molecule has 1 atom stereocenters. The summed E-state index contributed by atoms with van der Waals surface area (Å²) in [6.45, 7) is 3.01. The van der Waals surface area contributed by atoms with Crippen LogP contribution in [0.25, 0.3) is 0 Å². The van der Waals surface area contributed by atoms with Crippen LogP contribution in [0.15, 0.2) is 0 Å². The Kier molecular flexibility index (Phi) is 7.96. The summed E-state index contributed by atoms with van der Waals surface area (Å²) in [6, 6.07) is 0. The minimum Gasteiger partial charge on any atom is -0.391 e. The fourth-order valence-corrected chi connectivity index (χ4v) is 2.25. The Labute approximate surface area is 109 Å². The van der Waals surface area contributed by atoms with E-state index in [2.05, 4.69) is 10.6 Å². The van der Waals surface area contributed by atoms with E-state index >= 15 is 0 Å². The number of carbonyl (C=O) groups excluding carboxylic acids is 1. The molecule has 1 rings (SSSR count). The van der Waals surface area contributed by atoms with Crippen molar-refractivity contribution in [3.63, 3.8) is 0 Å². The van der Waals surface area contributed by atoms with Crippen LogP contribution in [-0.4, -0.2) is 50.5 Å². The number of hydrogen-bond donors (Lipinski definition) is 3. The second-order valence-corrected chi connectivity index (χ2v) is 4.98. The molecule has 1 aliphatic rings.